The molecule has 2 rings (SSSR count). The molecule has 1 N–H and O–H groups in total. The first-order chi connectivity index (χ1) is 14.4. The number of benzene rings is 2. The Labute approximate surface area is 183 Å². The summed E-state index contributed by atoms with van der Waals surface area (Å²) in [6.45, 7) is 4.33. The Morgan fingerprint density at radius 1 is 1.13 bits per heavy atom. The van der Waals surface area contributed by atoms with Crippen molar-refractivity contribution < 1.29 is 23.8 Å². The number of anilines is 1. The molecule has 0 unspecified atom stereocenters. The van der Waals surface area contributed by atoms with Crippen molar-refractivity contribution in [2.24, 2.45) is 0 Å². The van der Waals surface area contributed by atoms with Crippen LogP contribution in [0.3, 0.4) is 0 Å². The van der Waals surface area contributed by atoms with Gasteiger partial charge in [0, 0.05) is 10.2 Å². The Hall–Kier alpha value is -3.31. The van der Waals surface area contributed by atoms with Crippen molar-refractivity contribution in [3.8, 4) is 17.6 Å². The SMILES string of the molecule is CCOC(=O)c1ccc(NC(=O)/C(C#N)=C/c2cc(OC)c(OCC)cc2Br)cc1. The molecule has 2 aromatic rings. The monoisotopic (exact) mass is 472 g/mol. The van der Waals surface area contributed by atoms with Gasteiger partial charge in [-0.15, -0.1) is 0 Å². The molecule has 156 valence electrons. The summed E-state index contributed by atoms with van der Waals surface area (Å²) in [5.41, 5.74) is 1.30. The van der Waals surface area contributed by atoms with Gasteiger partial charge in [-0.05, 0) is 61.9 Å². The summed E-state index contributed by atoms with van der Waals surface area (Å²) in [4.78, 5) is 24.2. The van der Waals surface area contributed by atoms with Crippen LogP contribution < -0.4 is 14.8 Å². The highest BCUT2D eigenvalue weighted by Crippen LogP contribution is 2.34. The van der Waals surface area contributed by atoms with Crippen molar-refractivity contribution in [3.05, 3.63) is 57.6 Å². The maximum atomic E-state index is 12.5. The number of nitrogens with one attached hydrogen (secondary N) is 1. The van der Waals surface area contributed by atoms with E-state index in [0.717, 1.165) is 0 Å². The van der Waals surface area contributed by atoms with E-state index in [4.69, 9.17) is 14.2 Å². The molecule has 2 aromatic carbocycles. The second kappa shape index (κ2) is 11.0. The van der Waals surface area contributed by atoms with Crippen LogP contribution in [0.4, 0.5) is 5.69 Å². The summed E-state index contributed by atoms with van der Waals surface area (Å²) in [6, 6.07) is 11.5. The number of hydrogen-bond acceptors (Lipinski definition) is 6. The van der Waals surface area contributed by atoms with Crippen LogP contribution in [0.25, 0.3) is 6.08 Å². The lowest BCUT2D eigenvalue weighted by Crippen LogP contribution is -2.13. The van der Waals surface area contributed by atoms with Crippen molar-refractivity contribution in [1.29, 1.82) is 5.26 Å². The molecular weight excluding hydrogens is 452 g/mol. The fourth-order valence-electron chi connectivity index (χ4n) is 2.50. The van der Waals surface area contributed by atoms with Crippen LogP contribution in [-0.2, 0) is 9.53 Å². The number of methoxy groups -OCH3 is 1. The van der Waals surface area contributed by atoms with E-state index in [2.05, 4.69) is 21.2 Å². The van der Waals surface area contributed by atoms with Gasteiger partial charge < -0.3 is 19.5 Å². The number of hydrogen-bond donors (Lipinski definition) is 1. The van der Waals surface area contributed by atoms with E-state index in [1.165, 1.54) is 25.3 Å². The zero-order valence-corrected chi connectivity index (χ0v) is 18.4. The number of ether oxygens (including phenoxy) is 3. The Morgan fingerprint density at radius 2 is 1.83 bits per heavy atom. The third-order valence-electron chi connectivity index (χ3n) is 3.90. The maximum Gasteiger partial charge on any atom is 0.338 e. The molecule has 0 aromatic heterocycles. The van der Waals surface area contributed by atoms with Gasteiger partial charge in [0.2, 0.25) is 0 Å². The Morgan fingerprint density at radius 3 is 2.40 bits per heavy atom. The van der Waals surface area contributed by atoms with Gasteiger partial charge in [0.15, 0.2) is 11.5 Å². The molecule has 0 aliphatic heterocycles. The zero-order chi connectivity index (χ0) is 22.1. The van der Waals surface area contributed by atoms with Gasteiger partial charge in [-0.3, -0.25) is 4.79 Å². The molecule has 0 bridgehead atoms. The topological polar surface area (TPSA) is 97.7 Å². The smallest absolute Gasteiger partial charge is 0.338 e. The summed E-state index contributed by atoms with van der Waals surface area (Å²) in [6.07, 6.45) is 1.45. The van der Waals surface area contributed by atoms with Crippen LogP contribution in [0.15, 0.2) is 46.4 Å². The van der Waals surface area contributed by atoms with E-state index < -0.39 is 11.9 Å². The van der Waals surface area contributed by atoms with Crippen molar-refractivity contribution >= 4 is 39.6 Å². The first-order valence-electron chi connectivity index (χ1n) is 9.14. The van der Waals surface area contributed by atoms with Gasteiger partial charge in [0.25, 0.3) is 5.91 Å². The molecule has 0 radical (unpaired) electrons. The summed E-state index contributed by atoms with van der Waals surface area (Å²) in [5, 5.41) is 12.1. The minimum Gasteiger partial charge on any atom is -0.493 e. The van der Waals surface area contributed by atoms with Gasteiger partial charge in [-0.2, -0.15) is 5.26 Å². The lowest BCUT2D eigenvalue weighted by molar-refractivity contribution is -0.112. The third-order valence-corrected chi connectivity index (χ3v) is 4.59. The zero-order valence-electron chi connectivity index (χ0n) is 16.8. The van der Waals surface area contributed by atoms with Crippen LogP contribution in [0, 0.1) is 11.3 Å². The molecule has 0 spiro atoms. The molecular formula is C22H21BrN2O5. The predicted octanol–water partition coefficient (Wildman–Crippen LogP) is 4.58. The van der Waals surface area contributed by atoms with E-state index >= 15 is 0 Å². The second-order valence-electron chi connectivity index (χ2n) is 5.88. The quantitative estimate of drug-likeness (QED) is 0.343. The highest BCUT2D eigenvalue weighted by Gasteiger charge is 2.14. The van der Waals surface area contributed by atoms with Crippen molar-refractivity contribution in [1.82, 2.24) is 0 Å². The molecule has 0 fully saturated rings. The third kappa shape index (κ3) is 5.84. The molecule has 0 heterocycles. The van der Waals surface area contributed by atoms with E-state index in [9.17, 15) is 14.9 Å². The lowest BCUT2D eigenvalue weighted by atomic mass is 10.1. The highest BCUT2D eigenvalue weighted by atomic mass is 79.9. The van der Waals surface area contributed by atoms with Crippen molar-refractivity contribution in [2.45, 2.75) is 13.8 Å². The summed E-state index contributed by atoms with van der Waals surface area (Å²) >= 11 is 3.42. The Bertz CT molecular complexity index is 994. The molecule has 0 saturated heterocycles. The summed E-state index contributed by atoms with van der Waals surface area (Å²) in [5.74, 6) is 0.00986. The number of carbonyl (C=O) groups is 2. The minimum atomic E-state index is -0.582. The molecule has 7 nitrogen and oxygen atoms in total. The molecule has 0 atom stereocenters. The molecule has 1 amide bonds. The Balaban J connectivity index is 2.23. The minimum absolute atomic E-state index is 0.101. The van der Waals surface area contributed by atoms with Crippen LogP contribution in [0.5, 0.6) is 11.5 Å². The van der Waals surface area contributed by atoms with Gasteiger partial charge in [0.05, 0.1) is 25.9 Å². The fourth-order valence-corrected chi connectivity index (χ4v) is 2.93. The van der Waals surface area contributed by atoms with Gasteiger partial charge in [0.1, 0.15) is 11.6 Å². The summed E-state index contributed by atoms with van der Waals surface area (Å²) < 4.78 is 16.4. The van der Waals surface area contributed by atoms with E-state index in [1.54, 1.807) is 31.2 Å². The van der Waals surface area contributed by atoms with Crippen LogP contribution in [0.2, 0.25) is 0 Å². The molecule has 0 saturated carbocycles. The normalized spacial score (nSPS) is 10.7. The lowest BCUT2D eigenvalue weighted by Gasteiger charge is -2.12. The van der Waals surface area contributed by atoms with Gasteiger partial charge in [-0.25, -0.2) is 4.79 Å². The highest BCUT2D eigenvalue weighted by molar-refractivity contribution is 9.10. The molecule has 0 aliphatic carbocycles. The van der Waals surface area contributed by atoms with Crippen LogP contribution >= 0.6 is 15.9 Å². The fraction of sp³-hybridized carbons (Fsp3) is 0.227. The van der Waals surface area contributed by atoms with E-state index in [1.807, 2.05) is 13.0 Å². The summed E-state index contributed by atoms with van der Waals surface area (Å²) in [7, 11) is 1.51. The maximum absolute atomic E-state index is 12.5. The molecule has 30 heavy (non-hydrogen) atoms. The van der Waals surface area contributed by atoms with E-state index in [0.29, 0.717) is 39.4 Å². The van der Waals surface area contributed by atoms with Crippen LogP contribution in [-0.4, -0.2) is 32.2 Å². The van der Waals surface area contributed by atoms with Crippen molar-refractivity contribution in [2.75, 3.05) is 25.6 Å². The molecule has 8 heteroatoms. The molecule has 0 aliphatic rings. The number of carbonyl (C=O) groups excluding carboxylic acids is 2. The number of amides is 1. The van der Waals surface area contributed by atoms with E-state index in [-0.39, 0.29) is 12.2 Å². The average molecular weight is 473 g/mol. The number of nitrogens with zero attached hydrogens (tertiary/aromatic N) is 1. The van der Waals surface area contributed by atoms with Crippen molar-refractivity contribution in [3.63, 3.8) is 0 Å². The number of halogens is 1. The first-order valence-corrected chi connectivity index (χ1v) is 9.93. The predicted molar refractivity (Wildman–Crippen MR) is 116 cm³/mol. The van der Waals surface area contributed by atoms with Gasteiger partial charge in [-0.1, -0.05) is 15.9 Å². The largest absolute Gasteiger partial charge is 0.493 e. The van der Waals surface area contributed by atoms with Crippen LogP contribution in [0.1, 0.15) is 29.8 Å². The number of nitriles is 1. The number of esters is 1. The standard InChI is InChI=1S/C22H21BrN2O5/c1-4-29-20-12-18(23)15(11-19(20)28-3)10-16(13-24)21(26)25-17-8-6-14(7-9-17)22(27)30-5-2/h6-12H,4-5H2,1-3H3,(H,25,26)/b16-10+. The second-order valence-corrected chi connectivity index (χ2v) is 6.73. The first kappa shape index (κ1) is 23.0. The Kier molecular flexibility index (Phi) is 8.44. The van der Waals surface area contributed by atoms with Gasteiger partial charge >= 0.3 is 5.97 Å². The number of rotatable bonds is 8. The average Bonchev–Trinajstić information content (AvgIpc) is 2.74.